The number of sulfonamides is 1. The Bertz CT molecular complexity index is 862. The molecule has 0 saturated heterocycles. The highest BCUT2D eigenvalue weighted by Crippen LogP contribution is 2.25. The molecule has 1 amide bonds. The zero-order valence-electron chi connectivity index (χ0n) is 14.4. The second-order valence-corrected chi connectivity index (χ2v) is 8.81. The van der Waals surface area contributed by atoms with Gasteiger partial charge in [-0.15, -0.1) is 0 Å². The maximum atomic E-state index is 12.5. The van der Waals surface area contributed by atoms with Gasteiger partial charge in [-0.2, -0.15) is 0 Å². The summed E-state index contributed by atoms with van der Waals surface area (Å²) in [6.07, 6.45) is 2.06. The number of nitrogens with one attached hydrogen (secondary N) is 1. The van der Waals surface area contributed by atoms with Crippen LogP contribution >= 0.6 is 15.9 Å². The molecule has 1 N–H and O–H groups in total. The van der Waals surface area contributed by atoms with Crippen LogP contribution in [0, 0.1) is 0 Å². The highest BCUT2D eigenvalue weighted by atomic mass is 79.9. The lowest BCUT2D eigenvalue weighted by atomic mass is 10.1. The normalized spacial score (nSPS) is 11.6. The molecule has 0 radical (unpaired) electrons. The fraction of sp³-hybridized carbons (Fsp3) is 0.278. The summed E-state index contributed by atoms with van der Waals surface area (Å²) < 4.78 is 26.2. The van der Waals surface area contributed by atoms with Crippen LogP contribution in [0.2, 0.25) is 0 Å². The van der Waals surface area contributed by atoms with Crippen molar-refractivity contribution in [1.82, 2.24) is 4.31 Å². The van der Waals surface area contributed by atoms with Gasteiger partial charge in [-0.25, -0.2) is 12.7 Å². The second-order valence-electron chi connectivity index (χ2n) is 5.83. The number of hydrogen-bond donors (Lipinski definition) is 1. The van der Waals surface area contributed by atoms with Crippen molar-refractivity contribution in [2.24, 2.45) is 0 Å². The van der Waals surface area contributed by atoms with E-state index in [1.165, 1.54) is 25.7 Å². The van der Waals surface area contributed by atoms with E-state index < -0.39 is 10.0 Å². The lowest BCUT2D eigenvalue weighted by Crippen LogP contribution is -2.23. The first kappa shape index (κ1) is 19.6. The summed E-state index contributed by atoms with van der Waals surface area (Å²) >= 11 is 3.24. The largest absolute Gasteiger partial charge is 0.322 e. The number of aryl methyl sites for hydroxylation is 1. The van der Waals surface area contributed by atoms with Crippen molar-refractivity contribution >= 4 is 37.5 Å². The van der Waals surface area contributed by atoms with Gasteiger partial charge in [0.2, 0.25) is 10.0 Å². The number of rotatable bonds is 6. The van der Waals surface area contributed by atoms with Gasteiger partial charge in [0.05, 0.1) is 4.90 Å². The van der Waals surface area contributed by atoms with E-state index in [-0.39, 0.29) is 16.4 Å². The van der Waals surface area contributed by atoms with E-state index in [0.29, 0.717) is 10.2 Å². The number of carbonyl (C=O) groups excluding carboxylic acids is 1. The fourth-order valence-corrected chi connectivity index (χ4v) is 4.13. The van der Waals surface area contributed by atoms with Crippen LogP contribution in [0.5, 0.6) is 0 Å². The molecular formula is C18H21BrN2O3S. The van der Waals surface area contributed by atoms with Crippen LogP contribution in [-0.4, -0.2) is 32.7 Å². The Morgan fingerprint density at radius 3 is 2.32 bits per heavy atom. The Morgan fingerprint density at radius 2 is 1.76 bits per heavy atom. The van der Waals surface area contributed by atoms with Gasteiger partial charge < -0.3 is 5.32 Å². The van der Waals surface area contributed by atoms with Gasteiger partial charge >= 0.3 is 0 Å². The number of halogens is 1. The van der Waals surface area contributed by atoms with Crippen LogP contribution in [0.4, 0.5) is 5.69 Å². The van der Waals surface area contributed by atoms with E-state index in [9.17, 15) is 13.2 Å². The van der Waals surface area contributed by atoms with Crippen molar-refractivity contribution in [2.45, 2.75) is 24.7 Å². The van der Waals surface area contributed by atoms with Crippen molar-refractivity contribution in [1.29, 1.82) is 0 Å². The van der Waals surface area contributed by atoms with Crippen LogP contribution in [0.3, 0.4) is 0 Å². The van der Waals surface area contributed by atoms with E-state index in [1.54, 1.807) is 12.1 Å². The maximum Gasteiger partial charge on any atom is 0.255 e. The molecule has 134 valence electrons. The average molecular weight is 425 g/mol. The molecule has 2 aromatic rings. The Balaban J connectivity index is 2.25. The van der Waals surface area contributed by atoms with E-state index in [1.807, 2.05) is 24.3 Å². The summed E-state index contributed by atoms with van der Waals surface area (Å²) in [5.74, 6) is -0.356. The maximum absolute atomic E-state index is 12.5. The van der Waals surface area contributed by atoms with Gasteiger partial charge in [-0.05, 0) is 58.2 Å². The summed E-state index contributed by atoms with van der Waals surface area (Å²) in [6, 6.07) is 12.2. The minimum atomic E-state index is -3.64. The van der Waals surface area contributed by atoms with E-state index in [4.69, 9.17) is 0 Å². The van der Waals surface area contributed by atoms with Crippen molar-refractivity contribution in [3.05, 3.63) is 58.1 Å². The number of benzene rings is 2. The number of amides is 1. The predicted octanol–water partition coefficient (Wildman–Crippen LogP) is 3.90. The molecule has 25 heavy (non-hydrogen) atoms. The Kier molecular flexibility index (Phi) is 6.37. The van der Waals surface area contributed by atoms with Gasteiger partial charge in [-0.3, -0.25) is 4.79 Å². The molecule has 7 heteroatoms. The lowest BCUT2D eigenvalue weighted by molar-refractivity contribution is 0.102. The number of nitrogens with zero attached hydrogens (tertiary/aromatic N) is 1. The zero-order chi connectivity index (χ0) is 18.6. The Labute approximate surface area is 157 Å². The topological polar surface area (TPSA) is 66.5 Å². The average Bonchev–Trinajstić information content (AvgIpc) is 2.57. The molecule has 2 rings (SSSR count). The molecule has 0 saturated carbocycles. The minimum Gasteiger partial charge on any atom is -0.322 e. The first-order valence-corrected chi connectivity index (χ1v) is 10.1. The third-order valence-electron chi connectivity index (χ3n) is 3.70. The smallest absolute Gasteiger partial charge is 0.255 e. The first-order valence-electron chi connectivity index (χ1n) is 7.88. The van der Waals surface area contributed by atoms with Gasteiger partial charge in [-0.1, -0.05) is 25.5 Å². The zero-order valence-corrected chi connectivity index (χ0v) is 16.8. The Morgan fingerprint density at radius 1 is 1.12 bits per heavy atom. The molecule has 0 atom stereocenters. The van der Waals surface area contributed by atoms with Crippen LogP contribution in [-0.2, 0) is 16.4 Å². The SMILES string of the molecule is CCCc1ccc(NC(=O)c2ccc(Br)c(S(=O)(=O)N(C)C)c2)cc1. The lowest BCUT2D eigenvalue weighted by Gasteiger charge is -2.14. The van der Waals surface area contributed by atoms with E-state index >= 15 is 0 Å². The third kappa shape index (κ3) is 4.68. The van der Waals surface area contributed by atoms with Gasteiger partial charge in [0.25, 0.3) is 5.91 Å². The number of anilines is 1. The van der Waals surface area contributed by atoms with Crippen molar-refractivity contribution in [2.75, 3.05) is 19.4 Å². The molecule has 0 fully saturated rings. The highest BCUT2D eigenvalue weighted by Gasteiger charge is 2.22. The summed E-state index contributed by atoms with van der Waals surface area (Å²) in [6.45, 7) is 2.11. The molecular weight excluding hydrogens is 404 g/mol. The first-order chi connectivity index (χ1) is 11.8. The van der Waals surface area contributed by atoms with Crippen molar-refractivity contribution in [3.8, 4) is 0 Å². The molecule has 2 aromatic carbocycles. The van der Waals surface area contributed by atoms with Gasteiger partial charge in [0.15, 0.2) is 0 Å². The molecule has 0 aliphatic carbocycles. The minimum absolute atomic E-state index is 0.0587. The van der Waals surface area contributed by atoms with Crippen LogP contribution in [0.25, 0.3) is 0 Å². The Hall–Kier alpha value is -1.70. The van der Waals surface area contributed by atoms with E-state index in [2.05, 4.69) is 28.2 Å². The van der Waals surface area contributed by atoms with Crippen molar-refractivity contribution < 1.29 is 13.2 Å². The molecule has 0 bridgehead atoms. The van der Waals surface area contributed by atoms with Gasteiger partial charge in [0.1, 0.15) is 0 Å². The summed E-state index contributed by atoms with van der Waals surface area (Å²) in [5.41, 5.74) is 2.16. The summed E-state index contributed by atoms with van der Waals surface area (Å²) in [7, 11) is -0.740. The predicted molar refractivity (Wildman–Crippen MR) is 103 cm³/mol. The molecule has 0 heterocycles. The number of hydrogen-bond acceptors (Lipinski definition) is 3. The van der Waals surface area contributed by atoms with E-state index in [0.717, 1.165) is 17.1 Å². The monoisotopic (exact) mass is 424 g/mol. The molecule has 0 aliphatic heterocycles. The standard InChI is InChI=1S/C18H21BrN2O3S/c1-4-5-13-6-9-15(10-7-13)20-18(22)14-8-11-16(19)17(12-14)25(23,24)21(2)3/h6-12H,4-5H2,1-3H3,(H,20,22). The summed E-state index contributed by atoms with van der Waals surface area (Å²) in [4.78, 5) is 12.5. The fourth-order valence-electron chi connectivity index (χ4n) is 2.29. The molecule has 0 spiro atoms. The molecule has 0 aromatic heterocycles. The molecule has 0 unspecified atom stereocenters. The van der Waals surface area contributed by atoms with Gasteiger partial charge in [0, 0.05) is 29.8 Å². The van der Waals surface area contributed by atoms with Crippen molar-refractivity contribution in [3.63, 3.8) is 0 Å². The molecule has 5 nitrogen and oxygen atoms in total. The van der Waals surface area contributed by atoms with Crippen LogP contribution in [0.15, 0.2) is 51.8 Å². The summed E-state index contributed by atoms with van der Waals surface area (Å²) in [5, 5.41) is 2.79. The molecule has 0 aliphatic rings. The van der Waals surface area contributed by atoms with Crippen LogP contribution < -0.4 is 5.32 Å². The third-order valence-corrected chi connectivity index (χ3v) is 6.51. The highest BCUT2D eigenvalue weighted by molar-refractivity contribution is 9.10. The quantitative estimate of drug-likeness (QED) is 0.764. The van der Waals surface area contributed by atoms with Crippen LogP contribution in [0.1, 0.15) is 29.3 Å². The second kappa shape index (κ2) is 8.12. The number of carbonyl (C=O) groups is 1.